The lowest BCUT2D eigenvalue weighted by Gasteiger charge is -2.27. The molecule has 1 aromatic heterocycles. The predicted octanol–water partition coefficient (Wildman–Crippen LogP) is 2.70. The molecule has 164 valence electrons. The van der Waals surface area contributed by atoms with E-state index in [1.54, 1.807) is 56.5 Å². The summed E-state index contributed by atoms with van der Waals surface area (Å²) in [5.74, 6) is 0.752. The van der Waals surface area contributed by atoms with Gasteiger partial charge in [0.2, 0.25) is 10.0 Å². The van der Waals surface area contributed by atoms with Crippen LogP contribution in [0, 0.1) is 6.92 Å². The monoisotopic (exact) mass is 444 g/mol. The van der Waals surface area contributed by atoms with Crippen LogP contribution < -0.4 is 10.1 Å². The third kappa shape index (κ3) is 4.16. The van der Waals surface area contributed by atoms with Crippen molar-refractivity contribution in [2.24, 2.45) is 0 Å². The number of sulfonamides is 1. The summed E-state index contributed by atoms with van der Waals surface area (Å²) >= 11 is 0. The van der Waals surface area contributed by atoms with E-state index in [4.69, 9.17) is 13.9 Å². The fourth-order valence-electron chi connectivity index (χ4n) is 3.70. The molecule has 0 saturated carbocycles. The highest BCUT2D eigenvalue weighted by molar-refractivity contribution is 7.89. The molecule has 3 aromatic rings. The normalized spacial score (nSPS) is 15.2. The Morgan fingerprint density at radius 2 is 1.90 bits per heavy atom. The van der Waals surface area contributed by atoms with E-state index in [-0.39, 0.29) is 17.3 Å². The van der Waals surface area contributed by atoms with E-state index in [9.17, 15) is 13.2 Å². The molecule has 0 bridgehead atoms. The molecule has 0 radical (unpaired) electrons. The van der Waals surface area contributed by atoms with Crippen LogP contribution in [0.15, 0.2) is 51.8 Å². The van der Waals surface area contributed by atoms with Crippen molar-refractivity contribution in [3.8, 4) is 5.75 Å². The van der Waals surface area contributed by atoms with E-state index in [0.29, 0.717) is 59.9 Å². The number of carbonyl (C=O) groups is 1. The molecule has 2 aromatic carbocycles. The molecule has 1 aliphatic heterocycles. The van der Waals surface area contributed by atoms with Crippen molar-refractivity contribution in [1.29, 1.82) is 0 Å². The molecule has 2 heterocycles. The zero-order valence-electron chi connectivity index (χ0n) is 17.4. The van der Waals surface area contributed by atoms with Gasteiger partial charge in [-0.2, -0.15) is 4.31 Å². The Bertz CT molecular complexity index is 1210. The van der Waals surface area contributed by atoms with Crippen LogP contribution in [-0.2, 0) is 21.3 Å². The Labute approximate surface area is 180 Å². The molecule has 0 aliphatic carbocycles. The molecule has 1 saturated heterocycles. The first-order valence-corrected chi connectivity index (χ1v) is 11.4. The number of morpholine rings is 1. The maximum atomic E-state index is 13.1. The van der Waals surface area contributed by atoms with Gasteiger partial charge in [-0.05, 0) is 36.8 Å². The molecular formula is C22H24N2O6S. The third-order valence-electron chi connectivity index (χ3n) is 5.30. The number of hydrogen-bond acceptors (Lipinski definition) is 6. The fourth-order valence-corrected chi connectivity index (χ4v) is 5.33. The van der Waals surface area contributed by atoms with Crippen molar-refractivity contribution < 1.29 is 27.1 Å². The first-order chi connectivity index (χ1) is 14.9. The number of amides is 1. The summed E-state index contributed by atoms with van der Waals surface area (Å²) in [5.41, 5.74) is 1.51. The number of nitrogens with zero attached hydrogens (tertiary/aromatic N) is 1. The maximum Gasteiger partial charge on any atom is 0.255 e. The molecule has 31 heavy (non-hydrogen) atoms. The molecule has 0 unspecified atom stereocenters. The van der Waals surface area contributed by atoms with Gasteiger partial charge in [0, 0.05) is 25.0 Å². The molecule has 8 nitrogen and oxygen atoms in total. The molecule has 1 aliphatic rings. The van der Waals surface area contributed by atoms with Crippen molar-refractivity contribution >= 4 is 26.9 Å². The number of rotatable bonds is 6. The SMILES string of the molecule is COc1ccc2oc(C)c(C(=O)NCc3ccccc3S(=O)(=O)N3CCOCC3)c2c1. The van der Waals surface area contributed by atoms with Crippen molar-refractivity contribution in [3.05, 3.63) is 59.4 Å². The lowest BCUT2D eigenvalue weighted by atomic mass is 10.1. The Balaban J connectivity index is 1.59. The summed E-state index contributed by atoms with van der Waals surface area (Å²) in [4.78, 5) is 13.2. The summed E-state index contributed by atoms with van der Waals surface area (Å²) in [7, 11) is -2.12. The summed E-state index contributed by atoms with van der Waals surface area (Å²) in [5, 5.41) is 3.48. The first-order valence-electron chi connectivity index (χ1n) is 9.93. The summed E-state index contributed by atoms with van der Waals surface area (Å²) < 4.78 is 43.8. The lowest BCUT2D eigenvalue weighted by Crippen LogP contribution is -2.41. The van der Waals surface area contributed by atoms with Crippen molar-refractivity contribution in [3.63, 3.8) is 0 Å². The molecule has 4 rings (SSSR count). The lowest BCUT2D eigenvalue weighted by molar-refractivity contribution is 0.0730. The number of nitrogens with one attached hydrogen (secondary N) is 1. The number of fused-ring (bicyclic) bond motifs is 1. The molecule has 0 spiro atoms. The molecular weight excluding hydrogens is 420 g/mol. The quantitative estimate of drug-likeness (QED) is 0.628. The molecule has 1 amide bonds. The van der Waals surface area contributed by atoms with E-state index in [1.165, 1.54) is 4.31 Å². The van der Waals surface area contributed by atoms with Gasteiger partial charge in [-0.15, -0.1) is 0 Å². The number of methoxy groups -OCH3 is 1. The number of aryl methyl sites for hydroxylation is 1. The van der Waals surface area contributed by atoms with Gasteiger partial charge in [0.25, 0.3) is 5.91 Å². The summed E-state index contributed by atoms with van der Waals surface area (Å²) in [6.07, 6.45) is 0. The minimum Gasteiger partial charge on any atom is -0.497 e. The van der Waals surface area contributed by atoms with E-state index < -0.39 is 10.0 Å². The van der Waals surface area contributed by atoms with Gasteiger partial charge < -0.3 is 19.2 Å². The molecule has 1 N–H and O–H groups in total. The minimum absolute atomic E-state index is 0.0641. The van der Waals surface area contributed by atoms with Crippen LogP contribution >= 0.6 is 0 Å². The second kappa shape index (κ2) is 8.70. The zero-order chi connectivity index (χ0) is 22.0. The number of carbonyl (C=O) groups excluding carboxylic acids is 1. The van der Waals surface area contributed by atoms with Crippen molar-refractivity contribution in [2.75, 3.05) is 33.4 Å². The van der Waals surface area contributed by atoms with Crippen LogP contribution in [0.3, 0.4) is 0 Å². The van der Waals surface area contributed by atoms with Gasteiger partial charge in [0.05, 0.1) is 30.8 Å². The maximum absolute atomic E-state index is 13.1. The molecule has 1 fully saturated rings. The van der Waals surface area contributed by atoms with Crippen LogP contribution in [0.2, 0.25) is 0 Å². The average molecular weight is 445 g/mol. The van der Waals surface area contributed by atoms with Crippen LogP contribution in [0.1, 0.15) is 21.7 Å². The number of ether oxygens (including phenoxy) is 2. The second-order valence-electron chi connectivity index (χ2n) is 7.20. The molecule has 9 heteroatoms. The van der Waals surface area contributed by atoms with E-state index in [0.717, 1.165) is 0 Å². The van der Waals surface area contributed by atoms with Crippen LogP contribution in [0.4, 0.5) is 0 Å². The van der Waals surface area contributed by atoms with Crippen LogP contribution in [0.5, 0.6) is 5.75 Å². The fraction of sp³-hybridized carbons (Fsp3) is 0.318. The minimum atomic E-state index is -3.68. The summed E-state index contributed by atoms with van der Waals surface area (Å²) in [6, 6.07) is 12.0. The van der Waals surface area contributed by atoms with Gasteiger partial charge >= 0.3 is 0 Å². The number of benzene rings is 2. The second-order valence-corrected chi connectivity index (χ2v) is 9.11. The van der Waals surface area contributed by atoms with Crippen LogP contribution in [-0.4, -0.2) is 52.0 Å². The van der Waals surface area contributed by atoms with E-state index in [1.807, 2.05) is 0 Å². The Kier molecular flexibility index (Phi) is 5.99. The van der Waals surface area contributed by atoms with Gasteiger partial charge in [-0.25, -0.2) is 8.42 Å². The Hall–Kier alpha value is -2.88. The van der Waals surface area contributed by atoms with Crippen molar-refractivity contribution in [2.45, 2.75) is 18.4 Å². The first kappa shape index (κ1) is 21.4. The highest BCUT2D eigenvalue weighted by Gasteiger charge is 2.28. The standard InChI is InChI=1S/C22H24N2O6S/c1-15-21(18-13-17(28-2)7-8-19(18)30-15)22(25)23-14-16-5-3-4-6-20(16)31(26,27)24-9-11-29-12-10-24/h3-8,13H,9-12,14H2,1-2H3,(H,23,25). The summed E-state index contributed by atoms with van der Waals surface area (Å²) in [6.45, 7) is 3.14. The van der Waals surface area contributed by atoms with E-state index >= 15 is 0 Å². The molecule has 0 atom stereocenters. The van der Waals surface area contributed by atoms with Crippen LogP contribution in [0.25, 0.3) is 11.0 Å². The third-order valence-corrected chi connectivity index (χ3v) is 7.30. The highest BCUT2D eigenvalue weighted by atomic mass is 32.2. The Morgan fingerprint density at radius 1 is 1.16 bits per heavy atom. The number of hydrogen-bond donors (Lipinski definition) is 1. The number of furan rings is 1. The van der Waals surface area contributed by atoms with Gasteiger partial charge in [-0.3, -0.25) is 4.79 Å². The van der Waals surface area contributed by atoms with Gasteiger partial charge in [0.15, 0.2) is 0 Å². The van der Waals surface area contributed by atoms with Gasteiger partial charge in [0.1, 0.15) is 17.1 Å². The predicted molar refractivity (Wildman–Crippen MR) is 115 cm³/mol. The van der Waals surface area contributed by atoms with Crippen molar-refractivity contribution in [1.82, 2.24) is 9.62 Å². The smallest absolute Gasteiger partial charge is 0.255 e. The average Bonchev–Trinajstić information content (AvgIpc) is 3.13. The van der Waals surface area contributed by atoms with E-state index in [2.05, 4.69) is 5.32 Å². The Morgan fingerprint density at radius 3 is 2.65 bits per heavy atom. The topological polar surface area (TPSA) is 98.1 Å². The highest BCUT2D eigenvalue weighted by Crippen LogP contribution is 2.29. The van der Waals surface area contributed by atoms with Gasteiger partial charge in [-0.1, -0.05) is 18.2 Å². The zero-order valence-corrected chi connectivity index (χ0v) is 18.2. The largest absolute Gasteiger partial charge is 0.497 e.